The second-order valence-corrected chi connectivity index (χ2v) is 10.6. The molecule has 0 spiro atoms. The summed E-state index contributed by atoms with van der Waals surface area (Å²) in [5.41, 5.74) is 1.60. The van der Waals surface area contributed by atoms with Crippen molar-refractivity contribution in [3.05, 3.63) is 53.9 Å². The van der Waals surface area contributed by atoms with Crippen LogP contribution in [0.1, 0.15) is 32.0 Å². The summed E-state index contributed by atoms with van der Waals surface area (Å²) in [6.45, 7) is 6.96. The highest BCUT2D eigenvalue weighted by molar-refractivity contribution is 7.88. The molecule has 0 amide bonds. The molecule has 0 bridgehead atoms. The predicted octanol–water partition coefficient (Wildman–Crippen LogP) is 1.84. The fourth-order valence-corrected chi connectivity index (χ4v) is 5.18. The molecule has 0 unspecified atom stereocenters. The molecule has 3 heterocycles. The molecular weight excluding hydrogens is 404 g/mol. The Morgan fingerprint density at radius 2 is 1.70 bits per heavy atom. The highest BCUT2D eigenvalue weighted by Crippen LogP contribution is 2.29. The van der Waals surface area contributed by atoms with Gasteiger partial charge in [-0.3, -0.25) is 0 Å². The molecule has 2 N–H and O–H groups in total. The van der Waals surface area contributed by atoms with E-state index in [9.17, 15) is 8.42 Å². The van der Waals surface area contributed by atoms with Crippen LogP contribution in [-0.4, -0.2) is 55.9 Å². The van der Waals surface area contributed by atoms with E-state index in [0.29, 0.717) is 12.6 Å². The van der Waals surface area contributed by atoms with Crippen molar-refractivity contribution in [1.29, 1.82) is 0 Å². The first-order valence-corrected chi connectivity index (χ1v) is 11.7. The summed E-state index contributed by atoms with van der Waals surface area (Å²) in [4.78, 5) is 8.91. The van der Waals surface area contributed by atoms with Crippen LogP contribution in [0.25, 0.3) is 0 Å². The van der Waals surface area contributed by atoms with E-state index in [2.05, 4.69) is 40.8 Å². The molecule has 2 aliphatic rings. The Morgan fingerprint density at radius 3 is 2.40 bits per heavy atom. The summed E-state index contributed by atoms with van der Waals surface area (Å²) in [5, 5.41) is 3.30. The summed E-state index contributed by atoms with van der Waals surface area (Å²) in [6, 6.07) is 10.4. The number of rotatable bonds is 6. The lowest BCUT2D eigenvalue weighted by atomic mass is 9.92. The van der Waals surface area contributed by atoms with E-state index in [1.165, 1.54) is 0 Å². The Hall–Kier alpha value is -2.07. The zero-order valence-electron chi connectivity index (χ0n) is 17.4. The minimum Gasteiger partial charge on any atom is -0.371 e. The topological polar surface area (TPSA) is 102 Å². The van der Waals surface area contributed by atoms with Crippen molar-refractivity contribution >= 4 is 16.0 Å². The lowest BCUT2D eigenvalue weighted by Gasteiger charge is -2.21. The van der Waals surface area contributed by atoms with Crippen LogP contribution in [-0.2, 0) is 30.7 Å². The zero-order valence-corrected chi connectivity index (χ0v) is 18.2. The standard InChI is InChI=1S/C21H28N4O4S/c1-21(2,3)17-9-10-22-20(24-17)23-15-11-28-19-16(12-29-18(15)19)25-30(26,27)13-14-7-5-4-6-8-14/h4-10,15-16,18-19,25H,11-13H2,1-3H3,(H,22,23,24)/t15-,16-,18+,19+/m0/s1. The number of aromatic nitrogens is 2. The number of benzene rings is 1. The SMILES string of the molecule is CC(C)(C)c1ccnc(N[C@H]2CO[C@H]3[C@@H]2OC[C@@H]3NS(=O)(=O)Cc2ccccc2)n1. The van der Waals surface area contributed by atoms with Gasteiger partial charge in [-0.05, 0) is 11.6 Å². The summed E-state index contributed by atoms with van der Waals surface area (Å²) < 4.78 is 39.7. The highest BCUT2D eigenvalue weighted by Gasteiger charge is 2.49. The van der Waals surface area contributed by atoms with Crippen LogP contribution >= 0.6 is 0 Å². The maximum Gasteiger partial charge on any atom is 0.223 e. The molecule has 30 heavy (non-hydrogen) atoms. The molecule has 2 aliphatic heterocycles. The van der Waals surface area contributed by atoms with Crippen LogP contribution in [0, 0.1) is 0 Å². The Bertz CT molecular complexity index is 978. The Labute approximate surface area is 177 Å². The molecule has 4 rings (SSSR count). The van der Waals surface area contributed by atoms with Crippen LogP contribution in [0.15, 0.2) is 42.6 Å². The first-order valence-electron chi connectivity index (χ1n) is 10.1. The van der Waals surface area contributed by atoms with Gasteiger partial charge < -0.3 is 14.8 Å². The third-order valence-corrected chi connectivity index (χ3v) is 6.70. The van der Waals surface area contributed by atoms with Gasteiger partial charge >= 0.3 is 0 Å². The van der Waals surface area contributed by atoms with Gasteiger partial charge in [-0.1, -0.05) is 51.1 Å². The molecule has 0 saturated carbocycles. The van der Waals surface area contributed by atoms with Gasteiger partial charge in [0.05, 0.1) is 36.7 Å². The predicted molar refractivity (Wildman–Crippen MR) is 114 cm³/mol. The van der Waals surface area contributed by atoms with Crippen LogP contribution in [0.4, 0.5) is 5.95 Å². The fourth-order valence-electron chi connectivity index (χ4n) is 3.80. The minimum absolute atomic E-state index is 0.0726. The van der Waals surface area contributed by atoms with Gasteiger partial charge in [0.15, 0.2) is 0 Å². The Kier molecular flexibility index (Phi) is 5.80. The van der Waals surface area contributed by atoms with Gasteiger partial charge in [-0.25, -0.2) is 23.1 Å². The van der Waals surface area contributed by atoms with E-state index in [0.717, 1.165) is 11.3 Å². The first-order chi connectivity index (χ1) is 14.2. The largest absolute Gasteiger partial charge is 0.371 e. The summed E-state index contributed by atoms with van der Waals surface area (Å²) in [5.74, 6) is 0.449. The molecule has 9 heteroatoms. The molecule has 1 aromatic carbocycles. The molecule has 0 aliphatic carbocycles. The number of nitrogens with one attached hydrogen (secondary N) is 2. The number of hydrogen-bond donors (Lipinski definition) is 2. The van der Waals surface area contributed by atoms with E-state index < -0.39 is 16.1 Å². The molecule has 2 fully saturated rings. The molecule has 2 aromatic rings. The van der Waals surface area contributed by atoms with Crippen molar-refractivity contribution < 1.29 is 17.9 Å². The fraction of sp³-hybridized carbons (Fsp3) is 0.524. The van der Waals surface area contributed by atoms with Crippen LogP contribution in [0.2, 0.25) is 0 Å². The van der Waals surface area contributed by atoms with Crippen LogP contribution < -0.4 is 10.0 Å². The van der Waals surface area contributed by atoms with E-state index in [-0.39, 0.29) is 36.0 Å². The van der Waals surface area contributed by atoms with Gasteiger partial charge in [-0.15, -0.1) is 0 Å². The van der Waals surface area contributed by atoms with Crippen molar-refractivity contribution in [3.63, 3.8) is 0 Å². The zero-order chi connectivity index (χ0) is 21.4. The number of fused-ring (bicyclic) bond motifs is 1. The molecule has 0 radical (unpaired) electrons. The third kappa shape index (κ3) is 4.80. The van der Waals surface area contributed by atoms with Gasteiger partial charge in [0.1, 0.15) is 12.2 Å². The minimum atomic E-state index is -3.51. The van der Waals surface area contributed by atoms with Crippen molar-refractivity contribution in [2.24, 2.45) is 0 Å². The van der Waals surface area contributed by atoms with Crippen molar-refractivity contribution in [2.45, 2.75) is 56.2 Å². The van der Waals surface area contributed by atoms with Gasteiger partial charge in [0.2, 0.25) is 16.0 Å². The average Bonchev–Trinajstić information content (AvgIpc) is 3.25. The van der Waals surface area contributed by atoms with Crippen molar-refractivity contribution in [3.8, 4) is 0 Å². The number of ether oxygens (including phenoxy) is 2. The third-order valence-electron chi connectivity index (χ3n) is 5.32. The lowest BCUT2D eigenvalue weighted by molar-refractivity contribution is 0.0690. The second-order valence-electron chi connectivity index (χ2n) is 8.83. The van der Waals surface area contributed by atoms with Gasteiger partial charge in [0.25, 0.3) is 0 Å². The number of anilines is 1. The lowest BCUT2D eigenvalue weighted by Crippen LogP contribution is -2.45. The van der Waals surface area contributed by atoms with E-state index in [1.807, 2.05) is 24.3 Å². The van der Waals surface area contributed by atoms with Crippen molar-refractivity contribution in [1.82, 2.24) is 14.7 Å². The number of sulfonamides is 1. The maximum atomic E-state index is 12.6. The highest BCUT2D eigenvalue weighted by atomic mass is 32.2. The number of nitrogens with zero attached hydrogens (tertiary/aromatic N) is 2. The molecule has 8 nitrogen and oxygen atoms in total. The smallest absolute Gasteiger partial charge is 0.223 e. The molecule has 162 valence electrons. The van der Waals surface area contributed by atoms with Crippen molar-refractivity contribution in [2.75, 3.05) is 18.5 Å². The van der Waals surface area contributed by atoms with Gasteiger partial charge in [0, 0.05) is 11.6 Å². The summed E-state index contributed by atoms with van der Waals surface area (Å²) in [7, 11) is -3.51. The molecule has 4 atom stereocenters. The van der Waals surface area contributed by atoms with Crippen LogP contribution in [0.3, 0.4) is 0 Å². The number of hydrogen-bond acceptors (Lipinski definition) is 7. The monoisotopic (exact) mass is 432 g/mol. The molecule has 1 aromatic heterocycles. The van der Waals surface area contributed by atoms with Crippen LogP contribution in [0.5, 0.6) is 0 Å². The van der Waals surface area contributed by atoms with E-state index in [1.54, 1.807) is 18.3 Å². The van der Waals surface area contributed by atoms with Gasteiger partial charge in [-0.2, -0.15) is 0 Å². The average molecular weight is 433 g/mol. The summed E-state index contributed by atoms with van der Waals surface area (Å²) in [6.07, 6.45) is 1.12. The second kappa shape index (κ2) is 8.22. The first kappa shape index (κ1) is 21.2. The maximum absolute atomic E-state index is 12.6. The van der Waals surface area contributed by atoms with E-state index >= 15 is 0 Å². The molecule has 2 saturated heterocycles. The normalized spacial score (nSPS) is 26.5. The Morgan fingerprint density at radius 1 is 1.03 bits per heavy atom. The Balaban J connectivity index is 1.39. The quantitative estimate of drug-likeness (QED) is 0.718. The summed E-state index contributed by atoms with van der Waals surface area (Å²) >= 11 is 0. The van der Waals surface area contributed by atoms with E-state index in [4.69, 9.17) is 9.47 Å². The molecular formula is C21H28N4O4S.